The van der Waals surface area contributed by atoms with Gasteiger partial charge in [-0.15, -0.1) is 0 Å². The van der Waals surface area contributed by atoms with Gasteiger partial charge in [0, 0.05) is 17.3 Å². The minimum Gasteiger partial charge on any atom is -0.323 e. The lowest BCUT2D eigenvalue weighted by Gasteiger charge is -2.06. The summed E-state index contributed by atoms with van der Waals surface area (Å²) >= 11 is 0. The van der Waals surface area contributed by atoms with Gasteiger partial charge in [-0.25, -0.2) is 0 Å². The molecule has 0 radical (unpaired) electrons. The third-order valence-electron chi connectivity index (χ3n) is 2.24. The molecule has 0 aliphatic carbocycles. The average Bonchev–Trinajstić information content (AvgIpc) is 2.29. The van der Waals surface area contributed by atoms with Crippen molar-refractivity contribution >= 4 is 18.1 Å². The molecule has 2 N–H and O–H groups in total. The Morgan fingerprint density at radius 1 is 1.38 bits per heavy atom. The van der Waals surface area contributed by atoms with Crippen LogP contribution in [0, 0.1) is 0 Å². The largest absolute Gasteiger partial charge is 0.323 e. The SMILES string of the molecule is C=N/C=C(\N=C(C)[C@H](C)N)c1ccccc1. The average molecular weight is 215 g/mol. The molecular formula is C13H17N3. The summed E-state index contributed by atoms with van der Waals surface area (Å²) in [7, 11) is 0. The summed E-state index contributed by atoms with van der Waals surface area (Å²) < 4.78 is 0. The number of hydrogen-bond donors (Lipinski definition) is 1. The predicted molar refractivity (Wildman–Crippen MR) is 70.7 cm³/mol. The molecule has 3 heteroatoms. The summed E-state index contributed by atoms with van der Waals surface area (Å²) in [6.07, 6.45) is 1.64. The van der Waals surface area contributed by atoms with E-state index in [9.17, 15) is 0 Å². The molecular weight excluding hydrogens is 198 g/mol. The molecule has 0 unspecified atom stereocenters. The van der Waals surface area contributed by atoms with Crippen LogP contribution >= 0.6 is 0 Å². The van der Waals surface area contributed by atoms with Crippen molar-refractivity contribution in [2.75, 3.05) is 0 Å². The second-order valence-electron chi connectivity index (χ2n) is 3.60. The topological polar surface area (TPSA) is 50.7 Å². The minimum absolute atomic E-state index is 0.0584. The molecule has 1 rings (SSSR count). The first-order valence-corrected chi connectivity index (χ1v) is 5.17. The van der Waals surface area contributed by atoms with Gasteiger partial charge >= 0.3 is 0 Å². The number of benzene rings is 1. The predicted octanol–water partition coefficient (Wildman–Crippen LogP) is 2.49. The van der Waals surface area contributed by atoms with E-state index in [-0.39, 0.29) is 6.04 Å². The zero-order chi connectivity index (χ0) is 12.0. The molecule has 0 fully saturated rings. The molecule has 0 heterocycles. The van der Waals surface area contributed by atoms with E-state index in [1.165, 1.54) is 0 Å². The lowest BCUT2D eigenvalue weighted by Crippen LogP contribution is -2.24. The van der Waals surface area contributed by atoms with Crippen molar-refractivity contribution in [2.45, 2.75) is 19.9 Å². The van der Waals surface area contributed by atoms with Crippen molar-refractivity contribution in [3.05, 3.63) is 42.1 Å². The van der Waals surface area contributed by atoms with Gasteiger partial charge in [-0.05, 0) is 20.6 Å². The van der Waals surface area contributed by atoms with Crippen LogP contribution in [-0.2, 0) is 0 Å². The van der Waals surface area contributed by atoms with Gasteiger partial charge in [-0.1, -0.05) is 30.3 Å². The molecule has 0 aliphatic heterocycles. The Hall–Kier alpha value is -1.74. The Bertz CT molecular complexity index is 402. The molecule has 1 atom stereocenters. The monoisotopic (exact) mass is 215 g/mol. The summed E-state index contributed by atoms with van der Waals surface area (Å²) in [5.41, 5.74) is 8.42. The van der Waals surface area contributed by atoms with Crippen LogP contribution in [0.25, 0.3) is 5.70 Å². The molecule has 0 spiro atoms. The summed E-state index contributed by atoms with van der Waals surface area (Å²) in [6, 6.07) is 9.79. The first kappa shape index (κ1) is 12.3. The van der Waals surface area contributed by atoms with Crippen LogP contribution in [-0.4, -0.2) is 18.5 Å². The second kappa shape index (κ2) is 5.98. The molecule has 1 aromatic carbocycles. The first-order chi connectivity index (χ1) is 7.65. The third kappa shape index (κ3) is 3.44. The Kier molecular flexibility index (Phi) is 4.61. The van der Waals surface area contributed by atoms with Gasteiger partial charge < -0.3 is 5.73 Å². The maximum atomic E-state index is 5.75. The molecule has 0 aliphatic rings. The van der Waals surface area contributed by atoms with Crippen molar-refractivity contribution in [3.8, 4) is 0 Å². The van der Waals surface area contributed by atoms with E-state index < -0.39 is 0 Å². The number of nitrogens with two attached hydrogens (primary N) is 1. The molecule has 0 aromatic heterocycles. The lowest BCUT2D eigenvalue weighted by molar-refractivity contribution is 0.967. The van der Waals surface area contributed by atoms with Crippen LogP contribution in [0.4, 0.5) is 0 Å². The maximum absolute atomic E-state index is 5.75. The van der Waals surface area contributed by atoms with E-state index in [0.29, 0.717) is 0 Å². The molecule has 16 heavy (non-hydrogen) atoms. The number of hydrogen-bond acceptors (Lipinski definition) is 3. The van der Waals surface area contributed by atoms with Crippen LogP contribution in [0.3, 0.4) is 0 Å². The van der Waals surface area contributed by atoms with E-state index in [4.69, 9.17) is 5.73 Å². The second-order valence-corrected chi connectivity index (χ2v) is 3.60. The number of rotatable bonds is 4. The maximum Gasteiger partial charge on any atom is 0.0884 e. The Morgan fingerprint density at radius 2 is 2.00 bits per heavy atom. The Labute approximate surface area is 96.4 Å². The molecule has 0 saturated carbocycles. The van der Waals surface area contributed by atoms with Crippen molar-refractivity contribution in [3.63, 3.8) is 0 Å². The summed E-state index contributed by atoms with van der Waals surface area (Å²) in [5, 5.41) is 0. The zero-order valence-electron chi connectivity index (χ0n) is 9.72. The first-order valence-electron chi connectivity index (χ1n) is 5.17. The van der Waals surface area contributed by atoms with Crippen molar-refractivity contribution in [1.82, 2.24) is 0 Å². The van der Waals surface area contributed by atoms with Gasteiger partial charge in [0.1, 0.15) is 0 Å². The summed E-state index contributed by atoms with van der Waals surface area (Å²) in [6.45, 7) is 7.26. The fourth-order valence-corrected chi connectivity index (χ4v) is 1.16. The van der Waals surface area contributed by atoms with Gasteiger partial charge in [0.2, 0.25) is 0 Å². The minimum atomic E-state index is -0.0584. The zero-order valence-corrected chi connectivity index (χ0v) is 9.72. The van der Waals surface area contributed by atoms with Gasteiger partial charge in [-0.2, -0.15) is 0 Å². The van der Waals surface area contributed by atoms with Crippen LogP contribution in [0.1, 0.15) is 19.4 Å². The van der Waals surface area contributed by atoms with Gasteiger partial charge in [0.25, 0.3) is 0 Å². The normalized spacial score (nSPS) is 14.7. The smallest absolute Gasteiger partial charge is 0.0884 e. The molecule has 3 nitrogen and oxygen atoms in total. The van der Waals surface area contributed by atoms with Crippen molar-refractivity contribution in [2.24, 2.45) is 15.7 Å². The van der Waals surface area contributed by atoms with Crippen LogP contribution in [0.2, 0.25) is 0 Å². The summed E-state index contributed by atoms with van der Waals surface area (Å²) in [5.74, 6) is 0. The van der Waals surface area contributed by atoms with Crippen molar-refractivity contribution in [1.29, 1.82) is 0 Å². The Morgan fingerprint density at radius 3 is 2.50 bits per heavy atom. The summed E-state index contributed by atoms with van der Waals surface area (Å²) in [4.78, 5) is 8.22. The van der Waals surface area contributed by atoms with Crippen molar-refractivity contribution < 1.29 is 0 Å². The number of aliphatic imine (C=N–C) groups is 2. The molecule has 1 aromatic rings. The number of nitrogens with zero attached hydrogens (tertiary/aromatic N) is 2. The van der Waals surface area contributed by atoms with Crippen LogP contribution in [0.15, 0.2) is 46.5 Å². The van der Waals surface area contributed by atoms with E-state index in [0.717, 1.165) is 17.0 Å². The van der Waals surface area contributed by atoms with Gasteiger partial charge in [0.15, 0.2) is 0 Å². The molecule has 0 saturated heterocycles. The fourth-order valence-electron chi connectivity index (χ4n) is 1.16. The highest BCUT2D eigenvalue weighted by molar-refractivity contribution is 5.91. The fraction of sp³-hybridized carbons (Fsp3) is 0.231. The quantitative estimate of drug-likeness (QED) is 0.771. The molecule has 84 valence electrons. The van der Waals surface area contributed by atoms with E-state index in [1.54, 1.807) is 6.20 Å². The van der Waals surface area contributed by atoms with Gasteiger partial charge in [0.05, 0.1) is 11.9 Å². The Balaban J connectivity index is 3.08. The molecule has 0 amide bonds. The lowest BCUT2D eigenvalue weighted by atomic mass is 10.1. The highest BCUT2D eigenvalue weighted by Gasteiger charge is 2.02. The standard InChI is InChI=1S/C13H17N3/c1-10(14)11(2)16-13(9-15-3)12-7-5-4-6-8-12/h4-10H,3,14H2,1-2H3/b13-9-,16-11?/t10-/m0/s1. The molecule has 0 bridgehead atoms. The highest BCUT2D eigenvalue weighted by atomic mass is 14.8. The van der Waals surface area contributed by atoms with E-state index in [1.807, 2.05) is 44.2 Å². The van der Waals surface area contributed by atoms with E-state index >= 15 is 0 Å². The highest BCUT2D eigenvalue weighted by Crippen LogP contribution is 2.16. The van der Waals surface area contributed by atoms with Crippen LogP contribution in [0.5, 0.6) is 0 Å². The van der Waals surface area contributed by atoms with Gasteiger partial charge in [-0.3, -0.25) is 9.98 Å². The van der Waals surface area contributed by atoms with E-state index in [2.05, 4.69) is 16.7 Å². The van der Waals surface area contributed by atoms with Crippen LogP contribution < -0.4 is 5.73 Å². The third-order valence-corrected chi connectivity index (χ3v) is 2.24.